The molecule has 0 spiro atoms. The van der Waals surface area contributed by atoms with Crippen LogP contribution in [-0.4, -0.2) is 4.57 Å². The highest BCUT2D eigenvalue weighted by Crippen LogP contribution is 2.44. The van der Waals surface area contributed by atoms with Crippen molar-refractivity contribution in [1.82, 2.24) is 4.57 Å². The fourth-order valence-electron chi connectivity index (χ4n) is 6.84. The highest BCUT2D eigenvalue weighted by molar-refractivity contribution is 7.80. The van der Waals surface area contributed by atoms with Crippen molar-refractivity contribution in [3.05, 3.63) is 157 Å². The third kappa shape index (κ3) is 6.05. The Hall–Kier alpha value is -4.02. The van der Waals surface area contributed by atoms with Gasteiger partial charge in [0.15, 0.2) is 0 Å². The molecule has 0 bridgehead atoms. The minimum atomic E-state index is -0.821. The van der Waals surface area contributed by atoms with Crippen LogP contribution in [0.4, 0.5) is 0 Å². The number of hydrogen-bond acceptors (Lipinski definition) is 0. The molecule has 0 aliphatic heterocycles. The molecule has 0 radical (unpaired) electrons. The Morgan fingerprint density at radius 2 is 0.667 bits per heavy atom. The Kier molecular flexibility index (Phi) is 8.66. The second-order valence-corrected chi connectivity index (χ2v) is 19.2. The topological polar surface area (TPSA) is 4.93 Å². The number of rotatable bonds is 6. The Morgan fingerprint density at radius 3 is 0.917 bits per heavy atom. The maximum absolute atomic E-state index is 2.55. The zero-order chi connectivity index (χ0) is 33.6. The molecule has 3 heteroatoms. The molecule has 6 aromatic carbocycles. The van der Waals surface area contributed by atoms with Crippen molar-refractivity contribution < 1.29 is 0 Å². The molecule has 0 N–H and O–H groups in total. The van der Waals surface area contributed by atoms with Gasteiger partial charge in [0.25, 0.3) is 0 Å². The maximum atomic E-state index is 2.55. The van der Waals surface area contributed by atoms with Crippen LogP contribution >= 0.6 is 15.8 Å². The molecule has 0 aliphatic rings. The summed E-state index contributed by atoms with van der Waals surface area (Å²) in [5.74, 6) is 0. The van der Waals surface area contributed by atoms with Gasteiger partial charge >= 0.3 is 0 Å². The van der Waals surface area contributed by atoms with Crippen molar-refractivity contribution in [2.75, 3.05) is 0 Å². The van der Waals surface area contributed by atoms with E-state index in [4.69, 9.17) is 0 Å². The fourth-order valence-corrected chi connectivity index (χ4v) is 11.9. The van der Waals surface area contributed by atoms with Gasteiger partial charge in [-0.15, -0.1) is 0 Å². The van der Waals surface area contributed by atoms with Gasteiger partial charge in [-0.2, -0.15) is 0 Å². The summed E-state index contributed by atoms with van der Waals surface area (Å²) in [5, 5.41) is 11.1. The molecule has 48 heavy (non-hydrogen) atoms. The lowest BCUT2D eigenvalue weighted by atomic mass is 9.85. The van der Waals surface area contributed by atoms with E-state index in [0.717, 1.165) is 0 Å². The van der Waals surface area contributed by atoms with E-state index >= 15 is 0 Å². The van der Waals surface area contributed by atoms with Crippen molar-refractivity contribution in [3.8, 4) is 0 Å². The predicted molar refractivity (Wildman–Crippen MR) is 215 cm³/mol. The molecular formula is C45H45NP2. The van der Waals surface area contributed by atoms with E-state index in [-0.39, 0.29) is 10.8 Å². The first-order valence-electron chi connectivity index (χ1n) is 16.9. The van der Waals surface area contributed by atoms with Gasteiger partial charge in [0, 0.05) is 28.4 Å². The van der Waals surface area contributed by atoms with Crippen LogP contribution < -0.4 is 31.8 Å². The first-order valence-corrected chi connectivity index (χ1v) is 19.6. The zero-order valence-electron chi connectivity index (χ0n) is 29.2. The number of fused-ring (bicyclic) bond motifs is 3. The molecule has 240 valence electrons. The highest BCUT2D eigenvalue weighted by Gasteiger charge is 2.30. The monoisotopic (exact) mass is 661 g/mol. The summed E-state index contributed by atoms with van der Waals surface area (Å²) in [5.41, 5.74) is 5.44. The highest BCUT2D eigenvalue weighted by atomic mass is 31.1. The summed E-state index contributed by atoms with van der Waals surface area (Å²) in [4.78, 5) is 0. The minimum Gasteiger partial charge on any atom is -0.343 e. The van der Waals surface area contributed by atoms with Gasteiger partial charge in [0.1, 0.15) is 0 Å². The molecule has 0 saturated heterocycles. The van der Waals surface area contributed by atoms with Crippen molar-refractivity contribution in [2.45, 2.75) is 52.4 Å². The molecule has 0 saturated carbocycles. The lowest BCUT2D eigenvalue weighted by Crippen LogP contribution is -2.25. The van der Waals surface area contributed by atoms with Gasteiger partial charge in [0.05, 0.1) is 11.0 Å². The number of benzene rings is 6. The molecule has 1 aromatic heterocycles. The van der Waals surface area contributed by atoms with Crippen molar-refractivity contribution in [3.63, 3.8) is 0 Å². The predicted octanol–water partition coefficient (Wildman–Crippen LogP) is 9.44. The smallest absolute Gasteiger partial charge is 0.0573 e. The maximum Gasteiger partial charge on any atom is 0.0573 e. The van der Waals surface area contributed by atoms with Gasteiger partial charge in [-0.1, -0.05) is 163 Å². The Morgan fingerprint density at radius 1 is 0.396 bits per heavy atom. The quantitative estimate of drug-likeness (QED) is 0.157. The van der Waals surface area contributed by atoms with Crippen molar-refractivity contribution in [1.29, 1.82) is 0 Å². The van der Waals surface area contributed by atoms with E-state index in [9.17, 15) is 0 Å². The molecule has 0 aliphatic carbocycles. The molecule has 0 unspecified atom stereocenters. The summed E-state index contributed by atoms with van der Waals surface area (Å²) in [6, 6.07) is 54.8. The van der Waals surface area contributed by atoms with Crippen LogP contribution in [0.3, 0.4) is 0 Å². The van der Waals surface area contributed by atoms with E-state index in [1.54, 1.807) is 0 Å². The van der Waals surface area contributed by atoms with Gasteiger partial charge < -0.3 is 4.57 Å². The number of aryl methyl sites for hydroxylation is 1. The lowest BCUT2D eigenvalue weighted by Gasteiger charge is -2.26. The van der Waals surface area contributed by atoms with E-state index < -0.39 is 15.8 Å². The molecule has 1 heterocycles. The van der Waals surface area contributed by atoms with E-state index in [1.807, 2.05) is 0 Å². The molecule has 0 atom stereocenters. The third-order valence-corrected chi connectivity index (χ3v) is 14.3. The Balaban J connectivity index is 1.66. The Labute approximate surface area is 289 Å². The number of nitrogens with zero attached hydrogens (tertiary/aromatic N) is 1. The van der Waals surface area contributed by atoms with Crippen LogP contribution in [-0.2, 0) is 17.9 Å². The van der Waals surface area contributed by atoms with Crippen LogP contribution in [0.2, 0.25) is 0 Å². The van der Waals surface area contributed by atoms with E-state index in [1.165, 1.54) is 64.8 Å². The average Bonchev–Trinajstić information content (AvgIpc) is 3.38. The average molecular weight is 662 g/mol. The first kappa shape index (κ1) is 32.5. The van der Waals surface area contributed by atoms with Gasteiger partial charge in [-0.25, -0.2) is 0 Å². The summed E-state index contributed by atoms with van der Waals surface area (Å²) in [7, 11) is 0.676. The van der Waals surface area contributed by atoms with Crippen LogP contribution in [0, 0.1) is 0 Å². The number of aromatic nitrogens is 1. The van der Waals surface area contributed by atoms with Gasteiger partial charge in [-0.3, -0.25) is 0 Å². The lowest BCUT2D eigenvalue weighted by molar-refractivity contribution is 0.591. The van der Waals surface area contributed by atoms with Crippen LogP contribution in [0.5, 0.6) is 0 Å². The SMILES string of the molecule is Cn1c2c(P(c3ccccc3)c3ccccc3)cc(C(C)(C)C)cc2c2cc(C(C)(C)C)cc(P(c3ccccc3)c3ccccc3)c21. The van der Waals surface area contributed by atoms with Gasteiger partial charge in [0.2, 0.25) is 0 Å². The van der Waals surface area contributed by atoms with Crippen molar-refractivity contribution in [2.24, 2.45) is 7.05 Å². The Bertz CT molecular complexity index is 1950. The van der Waals surface area contributed by atoms with Crippen molar-refractivity contribution >= 4 is 69.5 Å². The summed E-state index contributed by atoms with van der Waals surface area (Å²) >= 11 is 0. The summed E-state index contributed by atoms with van der Waals surface area (Å²) in [6.07, 6.45) is 0. The molecule has 7 rings (SSSR count). The third-order valence-electron chi connectivity index (χ3n) is 9.41. The first-order chi connectivity index (χ1) is 23.0. The molecule has 7 aromatic rings. The van der Waals surface area contributed by atoms with Crippen LogP contribution in [0.1, 0.15) is 52.7 Å². The summed E-state index contributed by atoms with van der Waals surface area (Å²) < 4.78 is 2.55. The van der Waals surface area contributed by atoms with Crippen LogP contribution in [0.15, 0.2) is 146 Å². The summed E-state index contributed by atoms with van der Waals surface area (Å²) in [6.45, 7) is 14.1. The fraction of sp³-hybridized carbons (Fsp3) is 0.200. The van der Waals surface area contributed by atoms with Crippen LogP contribution in [0.25, 0.3) is 21.8 Å². The van der Waals surface area contributed by atoms with E-state index in [2.05, 4.69) is 199 Å². The molecule has 0 fully saturated rings. The minimum absolute atomic E-state index is 0.00928. The second kappa shape index (κ2) is 12.8. The standard InChI is InChI=1S/C45H45NP2/c1-44(2,3)32-28-38-39-29-33(45(4,5)6)31-41(48(36-24-16-10-17-25-36)37-26-18-11-19-27-37)43(39)46(7)42(38)40(30-32)47(34-20-12-8-13-21-34)35-22-14-9-15-23-35/h8-31H,1-7H3. The molecular weight excluding hydrogens is 616 g/mol. The van der Waals surface area contributed by atoms with Gasteiger partial charge in [-0.05, 0) is 83.3 Å². The largest absolute Gasteiger partial charge is 0.343 e. The molecule has 0 amide bonds. The number of hydrogen-bond donors (Lipinski definition) is 0. The zero-order valence-corrected chi connectivity index (χ0v) is 31.0. The second-order valence-electron chi connectivity index (χ2n) is 14.9. The normalized spacial score (nSPS) is 12.4. The van der Waals surface area contributed by atoms with E-state index in [0.29, 0.717) is 0 Å². The molecule has 1 nitrogen and oxygen atoms in total.